The summed E-state index contributed by atoms with van der Waals surface area (Å²) in [4.78, 5) is 11.5. The van der Waals surface area contributed by atoms with Crippen molar-refractivity contribution < 1.29 is 4.79 Å². The summed E-state index contributed by atoms with van der Waals surface area (Å²) in [6, 6.07) is 5.61. The lowest BCUT2D eigenvalue weighted by atomic mass is 9.84. The van der Waals surface area contributed by atoms with E-state index in [2.05, 4.69) is 0 Å². The van der Waals surface area contributed by atoms with Gasteiger partial charge < -0.3 is 0 Å². The standard InChI is InChI=1S/C14H16Cl2O/c15-9-14(17)11-6-7-12(13(16)8-11)10-4-2-1-3-5-10/h6-8,10H,1-5,9H2. The topological polar surface area (TPSA) is 17.1 Å². The average Bonchev–Trinajstić information content (AvgIpc) is 2.38. The van der Waals surface area contributed by atoms with Gasteiger partial charge in [0, 0.05) is 10.6 Å². The summed E-state index contributed by atoms with van der Waals surface area (Å²) in [5.41, 5.74) is 1.81. The van der Waals surface area contributed by atoms with Crippen LogP contribution in [0.5, 0.6) is 0 Å². The lowest BCUT2D eigenvalue weighted by Gasteiger charge is -2.23. The molecule has 2 rings (SSSR count). The Hall–Kier alpha value is -0.530. The average molecular weight is 271 g/mol. The lowest BCUT2D eigenvalue weighted by molar-refractivity contribution is 0.102. The second-order valence-electron chi connectivity index (χ2n) is 4.63. The smallest absolute Gasteiger partial charge is 0.177 e. The fourth-order valence-electron chi connectivity index (χ4n) is 2.52. The molecule has 0 amide bonds. The summed E-state index contributed by atoms with van der Waals surface area (Å²) in [5.74, 6) is 0.513. The molecule has 0 atom stereocenters. The molecule has 1 saturated carbocycles. The molecule has 1 aromatic carbocycles. The van der Waals surface area contributed by atoms with Crippen LogP contribution in [0.25, 0.3) is 0 Å². The first kappa shape index (κ1) is 12.9. The fourth-order valence-corrected chi connectivity index (χ4v) is 3.01. The number of carbonyl (C=O) groups excluding carboxylic acids is 1. The van der Waals surface area contributed by atoms with E-state index in [9.17, 15) is 4.79 Å². The highest BCUT2D eigenvalue weighted by Gasteiger charge is 2.18. The minimum atomic E-state index is -0.0660. The Bertz CT molecular complexity index is 409. The Labute approximate surface area is 112 Å². The van der Waals surface area contributed by atoms with Crippen molar-refractivity contribution in [1.29, 1.82) is 0 Å². The van der Waals surface area contributed by atoms with E-state index in [-0.39, 0.29) is 11.7 Å². The molecule has 0 N–H and O–H groups in total. The van der Waals surface area contributed by atoms with Crippen molar-refractivity contribution >= 4 is 29.0 Å². The highest BCUT2D eigenvalue weighted by Crippen LogP contribution is 2.36. The molecule has 1 aliphatic rings. The van der Waals surface area contributed by atoms with Gasteiger partial charge in [0.25, 0.3) is 0 Å². The Morgan fingerprint density at radius 1 is 1.24 bits per heavy atom. The molecule has 0 aliphatic heterocycles. The highest BCUT2D eigenvalue weighted by atomic mass is 35.5. The quantitative estimate of drug-likeness (QED) is 0.569. The fraction of sp³-hybridized carbons (Fsp3) is 0.500. The van der Waals surface area contributed by atoms with Gasteiger partial charge in [-0.3, -0.25) is 4.79 Å². The van der Waals surface area contributed by atoms with Crippen LogP contribution >= 0.6 is 23.2 Å². The molecule has 0 bridgehead atoms. The maximum Gasteiger partial charge on any atom is 0.177 e. The van der Waals surface area contributed by atoms with E-state index in [1.165, 1.54) is 37.7 Å². The third-order valence-corrected chi connectivity index (χ3v) is 4.06. The first-order valence-corrected chi connectivity index (χ1v) is 7.02. The van der Waals surface area contributed by atoms with Crippen molar-refractivity contribution in [2.75, 3.05) is 5.88 Å². The molecule has 0 radical (unpaired) electrons. The van der Waals surface area contributed by atoms with Crippen molar-refractivity contribution in [1.82, 2.24) is 0 Å². The van der Waals surface area contributed by atoms with Gasteiger partial charge in [-0.2, -0.15) is 0 Å². The molecule has 1 fully saturated rings. The molecule has 0 unspecified atom stereocenters. The Morgan fingerprint density at radius 2 is 1.94 bits per heavy atom. The number of hydrogen-bond acceptors (Lipinski definition) is 1. The molecule has 0 saturated heterocycles. The van der Waals surface area contributed by atoms with E-state index in [1.54, 1.807) is 6.07 Å². The van der Waals surface area contributed by atoms with Crippen LogP contribution in [0.15, 0.2) is 18.2 Å². The number of hydrogen-bond donors (Lipinski definition) is 0. The number of rotatable bonds is 3. The van der Waals surface area contributed by atoms with Gasteiger partial charge in [0.1, 0.15) is 0 Å². The summed E-state index contributed by atoms with van der Waals surface area (Å²) in [5, 5.41) is 0.716. The molecule has 17 heavy (non-hydrogen) atoms. The van der Waals surface area contributed by atoms with Crippen molar-refractivity contribution in [3.8, 4) is 0 Å². The van der Waals surface area contributed by atoms with Gasteiger partial charge in [-0.15, -0.1) is 11.6 Å². The zero-order chi connectivity index (χ0) is 12.3. The van der Waals surface area contributed by atoms with Crippen LogP contribution in [0.2, 0.25) is 5.02 Å². The number of ketones is 1. The number of halogens is 2. The second kappa shape index (κ2) is 5.88. The van der Waals surface area contributed by atoms with Crippen molar-refractivity contribution in [3.05, 3.63) is 34.3 Å². The van der Waals surface area contributed by atoms with Gasteiger partial charge in [0.05, 0.1) is 5.88 Å². The predicted octanol–water partition coefficient (Wildman–Crippen LogP) is 4.81. The summed E-state index contributed by atoms with van der Waals surface area (Å²) < 4.78 is 0. The molecule has 0 aromatic heterocycles. The van der Waals surface area contributed by atoms with E-state index in [0.29, 0.717) is 16.5 Å². The van der Waals surface area contributed by atoms with Gasteiger partial charge in [0.2, 0.25) is 0 Å². The number of alkyl halides is 1. The summed E-state index contributed by atoms with van der Waals surface area (Å²) in [6.45, 7) is 0. The highest BCUT2D eigenvalue weighted by molar-refractivity contribution is 6.33. The zero-order valence-corrected chi connectivity index (χ0v) is 11.2. The first-order chi connectivity index (χ1) is 8.22. The van der Waals surface area contributed by atoms with Crippen LogP contribution in [0.1, 0.15) is 53.9 Å². The molecule has 1 aromatic rings. The zero-order valence-electron chi connectivity index (χ0n) is 9.72. The van der Waals surface area contributed by atoms with E-state index in [0.717, 1.165) is 0 Å². The largest absolute Gasteiger partial charge is 0.293 e. The van der Waals surface area contributed by atoms with Gasteiger partial charge >= 0.3 is 0 Å². The van der Waals surface area contributed by atoms with Crippen LogP contribution in [-0.4, -0.2) is 11.7 Å². The van der Waals surface area contributed by atoms with Crippen molar-refractivity contribution in [2.24, 2.45) is 0 Å². The SMILES string of the molecule is O=C(CCl)c1ccc(C2CCCCC2)c(Cl)c1. The van der Waals surface area contributed by atoms with E-state index in [4.69, 9.17) is 23.2 Å². The van der Waals surface area contributed by atoms with Crippen molar-refractivity contribution in [2.45, 2.75) is 38.0 Å². The summed E-state index contributed by atoms with van der Waals surface area (Å²) in [6.07, 6.45) is 6.31. The summed E-state index contributed by atoms with van der Waals surface area (Å²) in [7, 11) is 0. The van der Waals surface area contributed by atoms with Gasteiger partial charge in [0.15, 0.2) is 5.78 Å². The Morgan fingerprint density at radius 3 is 2.53 bits per heavy atom. The monoisotopic (exact) mass is 270 g/mol. The minimum absolute atomic E-state index is 0.0130. The van der Waals surface area contributed by atoms with Crippen LogP contribution in [-0.2, 0) is 0 Å². The molecule has 1 nitrogen and oxygen atoms in total. The Kier molecular flexibility index (Phi) is 4.47. The van der Waals surface area contributed by atoms with E-state index >= 15 is 0 Å². The molecule has 92 valence electrons. The van der Waals surface area contributed by atoms with E-state index in [1.807, 2.05) is 12.1 Å². The molecular weight excluding hydrogens is 255 g/mol. The maximum atomic E-state index is 11.5. The third kappa shape index (κ3) is 3.02. The van der Waals surface area contributed by atoms with Gasteiger partial charge in [-0.1, -0.05) is 43.0 Å². The number of benzene rings is 1. The maximum absolute atomic E-state index is 11.5. The normalized spacial score (nSPS) is 17.1. The second-order valence-corrected chi connectivity index (χ2v) is 5.30. The molecule has 3 heteroatoms. The predicted molar refractivity (Wildman–Crippen MR) is 72.3 cm³/mol. The third-order valence-electron chi connectivity index (χ3n) is 3.49. The van der Waals surface area contributed by atoms with Crippen LogP contribution in [0, 0.1) is 0 Å². The van der Waals surface area contributed by atoms with Crippen molar-refractivity contribution in [3.63, 3.8) is 0 Å². The lowest BCUT2D eigenvalue weighted by Crippen LogP contribution is -2.06. The summed E-state index contributed by atoms with van der Waals surface area (Å²) >= 11 is 11.8. The van der Waals surface area contributed by atoms with Crippen LogP contribution in [0.3, 0.4) is 0 Å². The van der Waals surface area contributed by atoms with Crippen LogP contribution < -0.4 is 0 Å². The molecule has 0 heterocycles. The number of Topliss-reactive ketones (excluding diaryl/α,β-unsaturated/α-hetero) is 1. The Balaban J connectivity index is 2.21. The van der Waals surface area contributed by atoms with Gasteiger partial charge in [-0.05, 0) is 30.4 Å². The molecule has 0 spiro atoms. The number of carbonyl (C=O) groups is 1. The van der Waals surface area contributed by atoms with Gasteiger partial charge in [-0.25, -0.2) is 0 Å². The molecule has 1 aliphatic carbocycles. The van der Waals surface area contributed by atoms with Crippen LogP contribution in [0.4, 0.5) is 0 Å². The molecular formula is C14H16Cl2O. The first-order valence-electron chi connectivity index (χ1n) is 6.11. The van der Waals surface area contributed by atoms with E-state index < -0.39 is 0 Å². The minimum Gasteiger partial charge on any atom is -0.293 e.